The molecule has 0 radical (unpaired) electrons. The highest BCUT2D eigenvalue weighted by Gasteiger charge is 2.21. The van der Waals surface area contributed by atoms with E-state index in [1.165, 1.54) is 18.4 Å². The first-order valence-electron chi connectivity index (χ1n) is 7.84. The van der Waals surface area contributed by atoms with Crippen molar-refractivity contribution in [1.82, 2.24) is 10.2 Å². The maximum atomic E-state index is 5.88. The lowest BCUT2D eigenvalue weighted by Gasteiger charge is -2.18. The lowest BCUT2D eigenvalue weighted by molar-refractivity contribution is 0.110. The number of aryl methyl sites for hydroxylation is 1. The van der Waals surface area contributed by atoms with Gasteiger partial charge in [-0.05, 0) is 39.3 Å². The zero-order valence-electron chi connectivity index (χ0n) is 13.1. The Bertz CT molecular complexity index is 399. The van der Waals surface area contributed by atoms with Crippen LogP contribution in [0.1, 0.15) is 43.8 Å². The summed E-state index contributed by atoms with van der Waals surface area (Å²) in [5, 5.41) is 3.54. The van der Waals surface area contributed by atoms with Crippen molar-refractivity contribution in [2.45, 2.75) is 52.7 Å². The second-order valence-electron chi connectivity index (χ2n) is 5.52. The minimum atomic E-state index is 0.742. The molecule has 1 heterocycles. The number of ether oxygens (including phenoxy) is 1. The predicted octanol–water partition coefficient (Wildman–Crippen LogP) is 2.70. The second-order valence-corrected chi connectivity index (χ2v) is 5.52. The van der Waals surface area contributed by atoms with Crippen LogP contribution in [0, 0.1) is 6.92 Å². The Kier molecular flexibility index (Phi) is 6.07. The SMILES string of the molecule is CCOCCN(CC)Cc1cc(CNC2CC2)c(C)o1. The Labute approximate surface area is 122 Å². The molecule has 1 fully saturated rings. The number of nitrogens with one attached hydrogen (secondary N) is 1. The van der Waals surface area contributed by atoms with Crippen LogP contribution in [0.2, 0.25) is 0 Å². The summed E-state index contributed by atoms with van der Waals surface area (Å²) in [6, 6.07) is 2.94. The summed E-state index contributed by atoms with van der Waals surface area (Å²) in [4.78, 5) is 2.35. The molecule has 0 aliphatic heterocycles. The summed E-state index contributed by atoms with van der Waals surface area (Å²) in [6.45, 7) is 11.6. The van der Waals surface area contributed by atoms with E-state index in [0.29, 0.717) is 0 Å². The van der Waals surface area contributed by atoms with Gasteiger partial charge in [0.25, 0.3) is 0 Å². The van der Waals surface area contributed by atoms with E-state index in [1.54, 1.807) is 0 Å². The molecule has 2 rings (SSSR count). The van der Waals surface area contributed by atoms with Crippen molar-refractivity contribution >= 4 is 0 Å². The van der Waals surface area contributed by atoms with Crippen molar-refractivity contribution in [3.05, 3.63) is 23.2 Å². The standard InChI is InChI=1S/C16H28N2O2/c1-4-18(8-9-19-5-2)12-16-10-14(13(3)20-16)11-17-15-6-7-15/h10,15,17H,4-9,11-12H2,1-3H3. The quantitative estimate of drug-likeness (QED) is 0.669. The third-order valence-electron chi connectivity index (χ3n) is 3.81. The van der Waals surface area contributed by atoms with Crippen LogP contribution >= 0.6 is 0 Å². The van der Waals surface area contributed by atoms with E-state index < -0.39 is 0 Å². The molecule has 114 valence electrons. The first-order valence-corrected chi connectivity index (χ1v) is 7.84. The molecule has 1 N–H and O–H groups in total. The van der Waals surface area contributed by atoms with E-state index >= 15 is 0 Å². The van der Waals surface area contributed by atoms with Crippen molar-refractivity contribution in [2.24, 2.45) is 0 Å². The molecule has 1 aliphatic carbocycles. The van der Waals surface area contributed by atoms with Gasteiger partial charge in [-0.2, -0.15) is 0 Å². The molecule has 0 unspecified atom stereocenters. The second kappa shape index (κ2) is 7.81. The van der Waals surface area contributed by atoms with E-state index in [1.807, 2.05) is 6.92 Å². The molecule has 0 bridgehead atoms. The van der Waals surface area contributed by atoms with E-state index in [2.05, 4.69) is 30.1 Å². The van der Waals surface area contributed by atoms with E-state index in [9.17, 15) is 0 Å². The molecule has 1 aromatic heterocycles. The Morgan fingerprint density at radius 3 is 2.85 bits per heavy atom. The average Bonchev–Trinajstić information content (AvgIpc) is 3.20. The van der Waals surface area contributed by atoms with Gasteiger partial charge in [-0.15, -0.1) is 0 Å². The number of likely N-dealkylation sites (N-methyl/N-ethyl adjacent to an activating group) is 1. The summed E-state index contributed by atoms with van der Waals surface area (Å²) in [6.07, 6.45) is 2.65. The Morgan fingerprint density at radius 2 is 2.20 bits per heavy atom. The number of hydrogen-bond donors (Lipinski definition) is 1. The first kappa shape index (κ1) is 15.5. The lowest BCUT2D eigenvalue weighted by Crippen LogP contribution is -2.26. The van der Waals surface area contributed by atoms with Gasteiger partial charge in [0.15, 0.2) is 0 Å². The monoisotopic (exact) mass is 280 g/mol. The number of hydrogen-bond acceptors (Lipinski definition) is 4. The summed E-state index contributed by atoms with van der Waals surface area (Å²) in [5.74, 6) is 2.11. The Hall–Kier alpha value is -0.840. The summed E-state index contributed by atoms with van der Waals surface area (Å²) < 4.78 is 11.3. The fourth-order valence-corrected chi connectivity index (χ4v) is 2.29. The average molecular weight is 280 g/mol. The van der Waals surface area contributed by atoms with Crippen LogP contribution in [-0.2, 0) is 17.8 Å². The maximum Gasteiger partial charge on any atom is 0.118 e. The molecule has 4 nitrogen and oxygen atoms in total. The Morgan fingerprint density at radius 1 is 1.40 bits per heavy atom. The van der Waals surface area contributed by atoms with Gasteiger partial charge in [-0.25, -0.2) is 0 Å². The van der Waals surface area contributed by atoms with Crippen LogP contribution in [0.3, 0.4) is 0 Å². The molecule has 20 heavy (non-hydrogen) atoms. The molecule has 0 amide bonds. The summed E-state index contributed by atoms with van der Waals surface area (Å²) in [5.41, 5.74) is 1.30. The fourth-order valence-electron chi connectivity index (χ4n) is 2.29. The third-order valence-corrected chi connectivity index (χ3v) is 3.81. The highest BCUT2D eigenvalue weighted by atomic mass is 16.5. The Balaban J connectivity index is 1.82. The molecule has 0 saturated heterocycles. The zero-order valence-corrected chi connectivity index (χ0v) is 13.1. The predicted molar refractivity (Wildman–Crippen MR) is 80.8 cm³/mol. The largest absolute Gasteiger partial charge is 0.465 e. The van der Waals surface area contributed by atoms with Crippen LogP contribution in [0.5, 0.6) is 0 Å². The van der Waals surface area contributed by atoms with Gasteiger partial charge in [-0.1, -0.05) is 6.92 Å². The van der Waals surface area contributed by atoms with E-state index in [0.717, 1.165) is 57.0 Å². The highest BCUT2D eigenvalue weighted by molar-refractivity contribution is 5.21. The van der Waals surface area contributed by atoms with Crippen molar-refractivity contribution in [3.63, 3.8) is 0 Å². The topological polar surface area (TPSA) is 37.6 Å². The summed E-state index contributed by atoms with van der Waals surface area (Å²) >= 11 is 0. The minimum Gasteiger partial charge on any atom is -0.465 e. The van der Waals surface area contributed by atoms with Gasteiger partial charge in [0, 0.05) is 31.3 Å². The zero-order chi connectivity index (χ0) is 14.4. The van der Waals surface area contributed by atoms with Gasteiger partial charge in [0.05, 0.1) is 13.2 Å². The van der Waals surface area contributed by atoms with Crippen molar-refractivity contribution in [3.8, 4) is 0 Å². The number of furan rings is 1. The maximum absolute atomic E-state index is 5.88. The molecular weight excluding hydrogens is 252 g/mol. The lowest BCUT2D eigenvalue weighted by atomic mass is 10.2. The molecule has 1 aliphatic rings. The van der Waals surface area contributed by atoms with Crippen LogP contribution in [-0.4, -0.2) is 37.2 Å². The molecule has 1 aromatic rings. The van der Waals surface area contributed by atoms with Gasteiger partial charge < -0.3 is 14.5 Å². The van der Waals surface area contributed by atoms with Crippen molar-refractivity contribution < 1.29 is 9.15 Å². The summed E-state index contributed by atoms with van der Waals surface area (Å²) in [7, 11) is 0. The van der Waals surface area contributed by atoms with E-state index in [4.69, 9.17) is 9.15 Å². The molecule has 0 atom stereocenters. The minimum absolute atomic E-state index is 0.742. The third kappa shape index (κ3) is 4.93. The molecule has 1 saturated carbocycles. The normalized spacial score (nSPS) is 15.2. The van der Waals surface area contributed by atoms with E-state index in [-0.39, 0.29) is 0 Å². The van der Waals surface area contributed by atoms with Crippen LogP contribution in [0.4, 0.5) is 0 Å². The smallest absolute Gasteiger partial charge is 0.118 e. The molecular formula is C16H28N2O2. The first-order chi connectivity index (χ1) is 9.72. The van der Waals surface area contributed by atoms with Crippen molar-refractivity contribution in [2.75, 3.05) is 26.3 Å². The van der Waals surface area contributed by atoms with Gasteiger partial charge in [0.1, 0.15) is 11.5 Å². The molecule has 0 spiro atoms. The van der Waals surface area contributed by atoms with Crippen LogP contribution in [0.15, 0.2) is 10.5 Å². The highest BCUT2D eigenvalue weighted by Crippen LogP contribution is 2.21. The van der Waals surface area contributed by atoms with Gasteiger partial charge in [0.2, 0.25) is 0 Å². The van der Waals surface area contributed by atoms with Crippen molar-refractivity contribution in [1.29, 1.82) is 0 Å². The van der Waals surface area contributed by atoms with Crippen LogP contribution < -0.4 is 5.32 Å². The van der Waals surface area contributed by atoms with Gasteiger partial charge >= 0.3 is 0 Å². The fraction of sp³-hybridized carbons (Fsp3) is 0.750. The van der Waals surface area contributed by atoms with Crippen LogP contribution in [0.25, 0.3) is 0 Å². The molecule has 0 aromatic carbocycles. The number of rotatable bonds is 10. The molecule has 4 heteroatoms. The van der Waals surface area contributed by atoms with Gasteiger partial charge in [-0.3, -0.25) is 4.90 Å². The number of nitrogens with zero attached hydrogens (tertiary/aromatic N) is 1.